The highest BCUT2D eigenvalue weighted by molar-refractivity contribution is 6.41. The van der Waals surface area contributed by atoms with Gasteiger partial charge in [0, 0.05) is 25.2 Å². The summed E-state index contributed by atoms with van der Waals surface area (Å²) in [5.41, 5.74) is 4.31. The Kier molecular flexibility index (Phi) is 3.46. The van der Waals surface area contributed by atoms with E-state index in [1.165, 1.54) is 5.56 Å². The van der Waals surface area contributed by atoms with Crippen molar-refractivity contribution in [2.24, 2.45) is 0 Å². The predicted molar refractivity (Wildman–Crippen MR) is 62.2 cm³/mol. The standard InChI is InChI=1S/C10H13Cl2N3/c1-13-15-3-2-7(6-15)8-4-9(11)10(12)14-5-8/h4-5,7,13H,2-3,6H2,1H3/t7-/m0/s1. The highest BCUT2D eigenvalue weighted by Crippen LogP contribution is 2.29. The van der Waals surface area contributed by atoms with Gasteiger partial charge in [0.15, 0.2) is 0 Å². The molecule has 2 rings (SSSR count). The second-order valence-electron chi connectivity index (χ2n) is 3.70. The third-order valence-electron chi connectivity index (χ3n) is 2.79. The van der Waals surface area contributed by atoms with E-state index in [9.17, 15) is 0 Å². The van der Waals surface area contributed by atoms with Crippen LogP contribution in [0.4, 0.5) is 0 Å². The van der Waals surface area contributed by atoms with E-state index < -0.39 is 0 Å². The van der Waals surface area contributed by atoms with E-state index >= 15 is 0 Å². The van der Waals surface area contributed by atoms with Crippen LogP contribution in [0.1, 0.15) is 17.9 Å². The van der Waals surface area contributed by atoms with Crippen molar-refractivity contribution in [1.82, 2.24) is 15.4 Å². The molecule has 0 aromatic carbocycles. The number of nitrogens with zero attached hydrogens (tertiary/aromatic N) is 2. The molecular formula is C10H13Cl2N3. The first-order valence-electron chi connectivity index (χ1n) is 4.94. The molecule has 1 saturated heterocycles. The van der Waals surface area contributed by atoms with E-state index in [0.717, 1.165) is 19.5 Å². The molecule has 1 aliphatic heterocycles. The largest absolute Gasteiger partial charge is 0.258 e. The molecule has 0 bridgehead atoms. The number of nitrogens with one attached hydrogen (secondary N) is 1. The molecule has 0 amide bonds. The number of rotatable bonds is 2. The Bertz CT molecular complexity index is 357. The Morgan fingerprint density at radius 1 is 1.53 bits per heavy atom. The van der Waals surface area contributed by atoms with Crippen LogP contribution in [0, 0.1) is 0 Å². The zero-order valence-corrected chi connectivity index (χ0v) is 10.0. The summed E-state index contributed by atoms with van der Waals surface area (Å²) in [4.78, 5) is 4.07. The molecule has 1 atom stereocenters. The van der Waals surface area contributed by atoms with E-state index in [4.69, 9.17) is 23.2 Å². The lowest BCUT2D eigenvalue weighted by Crippen LogP contribution is -2.32. The maximum atomic E-state index is 5.94. The van der Waals surface area contributed by atoms with Crippen LogP contribution in [0.15, 0.2) is 12.3 Å². The van der Waals surface area contributed by atoms with Gasteiger partial charge in [-0.1, -0.05) is 23.2 Å². The lowest BCUT2D eigenvalue weighted by Gasteiger charge is -2.14. The van der Waals surface area contributed by atoms with Crippen LogP contribution in [0.25, 0.3) is 0 Å². The Balaban J connectivity index is 2.13. The van der Waals surface area contributed by atoms with Crippen LogP contribution in [0.5, 0.6) is 0 Å². The molecule has 0 unspecified atom stereocenters. The Labute approximate surface area is 99.4 Å². The lowest BCUT2D eigenvalue weighted by atomic mass is 10.0. The van der Waals surface area contributed by atoms with E-state index in [-0.39, 0.29) is 0 Å². The number of hydrazine groups is 1. The van der Waals surface area contributed by atoms with E-state index in [0.29, 0.717) is 16.1 Å². The minimum absolute atomic E-state index is 0.379. The number of pyridine rings is 1. The van der Waals surface area contributed by atoms with Gasteiger partial charge in [-0.05, 0) is 25.1 Å². The van der Waals surface area contributed by atoms with Crippen LogP contribution >= 0.6 is 23.2 Å². The molecule has 1 N–H and O–H groups in total. The lowest BCUT2D eigenvalue weighted by molar-refractivity contribution is 0.258. The van der Waals surface area contributed by atoms with Crippen molar-refractivity contribution in [2.75, 3.05) is 20.1 Å². The first-order valence-corrected chi connectivity index (χ1v) is 5.69. The minimum Gasteiger partial charge on any atom is -0.258 e. The monoisotopic (exact) mass is 245 g/mol. The second-order valence-corrected chi connectivity index (χ2v) is 4.46. The first-order chi connectivity index (χ1) is 7.20. The summed E-state index contributed by atoms with van der Waals surface area (Å²) in [6.45, 7) is 2.05. The van der Waals surface area contributed by atoms with Gasteiger partial charge in [-0.2, -0.15) is 0 Å². The van der Waals surface area contributed by atoms with Crippen molar-refractivity contribution in [2.45, 2.75) is 12.3 Å². The second kappa shape index (κ2) is 4.66. The van der Waals surface area contributed by atoms with Crippen LogP contribution in [0.3, 0.4) is 0 Å². The minimum atomic E-state index is 0.379. The van der Waals surface area contributed by atoms with Crippen molar-refractivity contribution in [3.8, 4) is 0 Å². The van der Waals surface area contributed by atoms with Crippen molar-refractivity contribution in [3.63, 3.8) is 0 Å². The number of hydrogen-bond donors (Lipinski definition) is 1. The molecule has 0 aliphatic carbocycles. The average Bonchev–Trinajstić information content (AvgIpc) is 2.70. The molecule has 1 aromatic heterocycles. The number of halogens is 2. The van der Waals surface area contributed by atoms with Crippen molar-refractivity contribution in [3.05, 3.63) is 28.0 Å². The molecule has 2 heterocycles. The SMILES string of the molecule is CNN1CC[C@H](c2cnc(Cl)c(Cl)c2)C1. The van der Waals surface area contributed by atoms with Crippen LogP contribution in [-0.4, -0.2) is 30.1 Å². The fourth-order valence-corrected chi connectivity index (χ4v) is 2.17. The fraction of sp³-hybridized carbons (Fsp3) is 0.500. The molecule has 1 fully saturated rings. The topological polar surface area (TPSA) is 28.2 Å². The average molecular weight is 246 g/mol. The normalized spacial score (nSPS) is 22.2. The highest BCUT2D eigenvalue weighted by atomic mass is 35.5. The summed E-state index contributed by atoms with van der Waals surface area (Å²) in [6, 6.07) is 1.92. The van der Waals surface area contributed by atoms with E-state index in [1.54, 1.807) is 0 Å². The summed E-state index contributed by atoms with van der Waals surface area (Å²) in [6.07, 6.45) is 2.94. The summed E-state index contributed by atoms with van der Waals surface area (Å²) in [5, 5.41) is 3.11. The predicted octanol–water partition coefficient (Wildman–Crippen LogP) is 2.31. The van der Waals surface area contributed by atoms with Gasteiger partial charge in [0.1, 0.15) is 5.15 Å². The van der Waals surface area contributed by atoms with Gasteiger partial charge in [0.25, 0.3) is 0 Å². The Morgan fingerprint density at radius 2 is 2.33 bits per heavy atom. The van der Waals surface area contributed by atoms with E-state index in [1.807, 2.05) is 19.3 Å². The highest BCUT2D eigenvalue weighted by Gasteiger charge is 2.23. The summed E-state index contributed by atoms with van der Waals surface area (Å²) >= 11 is 11.7. The molecule has 15 heavy (non-hydrogen) atoms. The molecular weight excluding hydrogens is 233 g/mol. The zero-order valence-electron chi connectivity index (χ0n) is 8.50. The molecule has 1 aliphatic rings. The van der Waals surface area contributed by atoms with Crippen molar-refractivity contribution in [1.29, 1.82) is 0 Å². The third kappa shape index (κ3) is 2.42. The quantitative estimate of drug-likeness (QED) is 0.811. The molecule has 82 valence electrons. The molecule has 0 radical (unpaired) electrons. The van der Waals surface area contributed by atoms with Gasteiger partial charge in [-0.25, -0.2) is 9.99 Å². The maximum absolute atomic E-state index is 5.94. The molecule has 1 aromatic rings. The molecule has 5 heteroatoms. The Morgan fingerprint density at radius 3 is 2.93 bits per heavy atom. The van der Waals surface area contributed by atoms with E-state index in [2.05, 4.69) is 15.4 Å². The first kappa shape index (κ1) is 11.1. The van der Waals surface area contributed by atoms with Gasteiger partial charge in [0.05, 0.1) is 5.02 Å². The van der Waals surface area contributed by atoms with Crippen molar-refractivity contribution >= 4 is 23.2 Å². The van der Waals surface area contributed by atoms with Crippen LogP contribution in [0.2, 0.25) is 10.2 Å². The van der Waals surface area contributed by atoms with Gasteiger partial charge in [-0.15, -0.1) is 0 Å². The van der Waals surface area contributed by atoms with Crippen molar-refractivity contribution < 1.29 is 0 Å². The molecule has 3 nitrogen and oxygen atoms in total. The van der Waals surface area contributed by atoms with Gasteiger partial charge in [0.2, 0.25) is 0 Å². The Hall–Kier alpha value is -0.350. The van der Waals surface area contributed by atoms with Crippen LogP contribution in [-0.2, 0) is 0 Å². The maximum Gasteiger partial charge on any atom is 0.147 e. The van der Waals surface area contributed by atoms with Gasteiger partial charge in [-0.3, -0.25) is 5.43 Å². The van der Waals surface area contributed by atoms with Gasteiger partial charge < -0.3 is 0 Å². The number of hydrogen-bond acceptors (Lipinski definition) is 3. The third-order valence-corrected chi connectivity index (χ3v) is 3.48. The zero-order chi connectivity index (χ0) is 10.8. The summed E-state index contributed by atoms with van der Waals surface area (Å²) in [5.74, 6) is 0.500. The van der Waals surface area contributed by atoms with Crippen LogP contribution < -0.4 is 5.43 Å². The van der Waals surface area contributed by atoms with Gasteiger partial charge >= 0.3 is 0 Å². The fourth-order valence-electron chi connectivity index (χ4n) is 1.89. The number of aromatic nitrogens is 1. The molecule has 0 saturated carbocycles. The summed E-state index contributed by atoms with van der Waals surface area (Å²) < 4.78 is 0. The molecule has 0 spiro atoms. The smallest absolute Gasteiger partial charge is 0.147 e. The summed E-state index contributed by atoms with van der Waals surface area (Å²) in [7, 11) is 1.94.